The van der Waals surface area contributed by atoms with Crippen LogP contribution in [0, 0.1) is 0 Å². The third-order valence-electron chi connectivity index (χ3n) is 5.50. The molecule has 0 aromatic heterocycles. The zero-order valence-electron chi connectivity index (χ0n) is 15.9. The Morgan fingerprint density at radius 3 is 1.17 bits per heavy atom. The summed E-state index contributed by atoms with van der Waals surface area (Å²) in [7, 11) is 0. The quantitative estimate of drug-likeness (QED) is 0.456. The van der Waals surface area contributed by atoms with Crippen molar-refractivity contribution in [1.82, 2.24) is 0 Å². The third-order valence-corrected chi connectivity index (χ3v) is 19.2. The molecule has 130 valence electrons. The van der Waals surface area contributed by atoms with Gasteiger partial charge < -0.3 is 0 Å². The zero-order chi connectivity index (χ0) is 15.9. The Hall–Kier alpha value is 0.163. The van der Waals surface area contributed by atoms with Crippen LogP contribution in [0.15, 0.2) is 41.0 Å². The molecule has 2 rings (SSSR count). The van der Waals surface area contributed by atoms with E-state index in [0.717, 1.165) is 0 Å². The van der Waals surface area contributed by atoms with Crippen LogP contribution >= 0.6 is 24.8 Å². The number of allylic oxidation sites excluding steroid dienone is 8. The van der Waals surface area contributed by atoms with Crippen molar-refractivity contribution in [2.75, 3.05) is 0 Å². The van der Waals surface area contributed by atoms with Crippen LogP contribution in [0.4, 0.5) is 0 Å². The van der Waals surface area contributed by atoms with Crippen molar-refractivity contribution in [3.8, 4) is 0 Å². The maximum absolute atomic E-state index is 2.72. The van der Waals surface area contributed by atoms with Gasteiger partial charge in [0.25, 0.3) is 0 Å². The average molecular weight is 435 g/mol. The molecule has 0 aromatic carbocycles. The molecule has 0 N–H and O–H groups in total. The van der Waals surface area contributed by atoms with Gasteiger partial charge in [0.15, 0.2) is 0 Å². The molecule has 0 nitrogen and oxygen atoms in total. The Kier molecular flexibility index (Phi) is 8.57. The van der Waals surface area contributed by atoms with Crippen LogP contribution in [-0.4, -0.2) is 6.41 Å². The van der Waals surface area contributed by atoms with Crippen LogP contribution in [-0.2, 0) is 19.3 Å². The largest absolute Gasteiger partial charge is 0.147 e. The summed E-state index contributed by atoms with van der Waals surface area (Å²) in [5.41, 5.74) is 6.17. The number of halogens is 2. The molecule has 0 aliphatic heterocycles. The second-order valence-electron chi connectivity index (χ2n) is 7.37. The summed E-state index contributed by atoms with van der Waals surface area (Å²) in [6.07, 6.45) is 7.51. The van der Waals surface area contributed by atoms with Gasteiger partial charge in [-0.25, -0.2) is 0 Å². The minimum absolute atomic E-state index is 0. The Morgan fingerprint density at radius 1 is 0.696 bits per heavy atom. The van der Waals surface area contributed by atoms with E-state index in [9.17, 15) is 0 Å². The predicted molar refractivity (Wildman–Crippen MR) is 109 cm³/mol. The van der Waals surface area contributed by atoms with Gasteiger partial charge in [0.2, 0.25) is 0 Å². The van der Waals surface area contributed by atoms with Crippen LogP contribution in [0.5, 0.6) is 0 Å². The Bertz CT molecular complexity index is 671. The predicted octanol–water partition coefficient (Wildman–Crippen LogP) is 6.66. The molecule has 0 unspecified atom stereocenters. The van der Waals surface area contributed by atoms with Crippen molar-refractivity contribution in [3.05, 3.63) is 41.0 Å². The van der Waals surface area contributed by atoms with E-state index < -0.39 is 19.3 Å². The van der Waals surface area contributed by atoms with Crippen molar-refractivity contribution in [3.63, 3.8) is 0 Å². The van der Waals surface area contributed by atoms with Crippen LogP contribution in [0.25, 0.3) is 0 Å². The summed E-state index contributed by atoms with van der Waals surface area (Å²) in [5.74, 6) is 0. The summed E-state index contributed by atoms with van der Waals surface area (Å²) >= 11 is -2.72. The molecule has 2 aliphatic carbocycles. The summed E-state index contributed by atoms with van der Waals surface area (Å²) < 4.78 is 7.00. The first-order valence-electron chi connectivity index (χ1n) is 8.07. The number of rotatable bonds is 2. The van der Waals surface area contributed by atoms with Gasteiger partial charge in [0, 0.05) is 0 Å². The van der Waals surface area contributed by atoms with Crippen LogP contribution in [0.2, 0.25) is 0 Å². The van der Waals surface area contributed by atoms with E-state index in [0.29, 0.717) is 0 Å². The molecular formula is C20H32Cl2Zr. The van der Waals surface area contributed by atoms with E-state index in [-0.39, 0.29) is 24.8 Å². The van der Waals surface area contributed by atoms with E-state index >= 15 is 0 Å². The summed E-state index contributed by atoms with van der Waals surface area (Å²) in [5, 5.41) is 0. The number of hydrogen-bond acceptors (Lipinski definition) is 0. The van der Waals surface area contributed by atoms with Gasteiger partial charge in [-0.05, 0) is 0 Å². The molecule has 0 radical (unpaired) electrons. The summed E-state index contributed by atoms with van der Waals surface area (Å²) in [4.78, 5) is 0. The molecule has 0 bridgehead atoms. The van der Waals surface area contributed by atoms with Crippen LogP contribution in [0.1, 0.15) is 68.2 Å². The molecule has 0 aromatic rings. The summed E-state index contributed by atoms with van der Waals surface area (Å²) in [6, 6.07) is 0. The zero-order valence-corrected chi connectivity index (χ0v) is 20.0. The van der Waals surface area contributed by atoms with E-state index in [4.69, 9.17) is 0 Å². The molecule has 0 saturated heterocycles. The van der Waals surface area contributed by atoms with Crippen molar-refractivity contribution in [2.45, 2.75) is 68.2 Å². The molecule has 0 spiro atoms. The van der Waals surface area contributed by atoms with Crippen LogP contribution in [0.3, 0.4) is 0 Å². The Balaban J connectivity index is 0.00000242. The first-order chi connectivity index (χ1) is 9.71. The Morgan fingerprint density at radius 2 is 1.00 bits per heavy atom. The topological polar surface area (TPSA) is 0 Å². The van der Waals surface area contributed by atoms with E-state index in [1.54, 1.807) is 24.1 Å². The van der Waals surface area contributed by atoms with Crippen molar-refractivity contribution in [1.29, 1.82) is 0 Å². The molecule has 0 amide bonds. The van der Waals surface area contributed by atoms with E-state index in [2.05, 4.69) is 67.5 Å². The molecule has 0 heterocycles. The normalized spacial score (nSPS) is 16.9. The molecule has 0 fully saturated rings. The van der Waals surface area contributed by atoms with E-state index in [1.165, 1.54) is 24.0 Å². The van der Waals surface area contributed by atoms with Gasteiger partial charge in [0.05, 0.1) is 0 Å². The molecule has 0 atom stereocenters. The standard InChI is InChI=1S/2C7H9.2C3H6.2ClH.Zr/c2*1-6-4-3-5-7(6)2;2*1-3-2;;;/h2*4H,5H2,1-2H3;2*1-2H3;2*1H;. The fourth-order valence-corrected chi connectivity index (χ4v) is 18.7. The second kappa shape index (κ2) is 8.51. The molecular weight excluding hydrogens is 402 g/mol. The van der Waals surface area contributed by atoms with Crippen molar-refractivity contribution >= 4 is 31.2 Å². The first kappa shape index (κ1) is 23.2. The van der Waals surface area contributed by atoms with Gasteiger partial charge in [0.1, 0.15) is 0 Å². The smallest absolute Gasteiger partial charge is 0.147 e. The maximum Gasteiger partial charge on any atom is -0.147 e. The number of hydrogen-bond donors (Lipinski definition) is 0. The fraction of sp³-hybridized carbons (Fsp3) is 0.500. The monoisotopic (exact) mass is 432 g/mol. The third kappa shape index (κ3) is 3.88. The van der Waals surface area contributed by atoms with Gasteiger partial charge in [-0.3, -0.25) is 0 Å². The molecule has 0 saturated carbocycles. The second-order valence-corrected chi connectivity index (χ2v) is 19.1. The molecule has 2 aliphatic rings. The fourth-order valence-electron chi connectivity index (χ4n) is 4.19. The minimum atomic E-state index is -2.72. The van der Waals surface area contributed by atoms with Crippen molar-refractivity contribution < 1.29 is 19.3 Å². The van der Waals surface area contributed by atoms with Gasteiger partial charge in [-0.2, -0.15) is 0 Å². The van der Waals surface area contributed by atoms with Gasteiger partial charge in [-0.15, -0.1) is 24.8 Å². The SMILES string of the molecule is CC1=C(C)C[C]([Zr]([C]2=CC(C)=C(C)C2)(=[C](C)C)=[C](C)C)=C1.Cl.Cl. The van der Waals surface area contributed by atoms with Gasteiger partial charge in [-0.1, -0.05) is 0 Å². The molecule has 23 heavy (non-hydrogen) atoms. The minimum Gasteiger partial charge on any atom is -0.147 e. The van der Waals surface area contributed by atoms with Crippen molar-refractivity contribution in [2.24, 2.45) is 0 Å². The molecule has 3 heteroatoms. The Labute approximate surface area is 159 Å². The first-order valence-corrected chi connectivity index (χ1v) is 13.0. The average Bonchev–Trinajstić information content (AvgIpc) is 2.84. The van der Waals surface area contributed by atoms with Crippen LogP contribution < -0.4 is 0 Å². The van der Waals surface area contributed by atoms with E-state index in [1.807, 2.05) is 0 Å². The van der Waals surface area contributed by atoms with Gasteiger partial charge >= 0.3 is 135 Å². The maximum atomic E-state index is 2.54. The summed E-state index contributed by atoms with van der Waals surface area (Å²) in [6.45, 7) is 18.8.